The molecule has 1 aliphatic rings. The first-order chi connectivity index (χ1) is 14.9. The van der Waals surface area contributed by atoms with Crippen LogP contribution in [0.5, 0.6) is 0 Å². The van der Waals surface area contributed by atoms with E-state index in [1.807, 2.05) is 25.8 Å². The monoisotopic (exact) mass is 427 g/mol. The highest BCUT2D eigenvalue weighted by Crippen LogP contribution is 2.33. The van der Waals surface area contributed by atoms with Gasteiger partial charge in [-0.15, -0.1) is 0 Å². The molecule has 0 fully saturated rings. The largest absolute Gasteiger partial charge is 0.350 e. The maximum atomic E-state index is 13.9. The van der Waals surface area contributed by atoms with Crippen LogP contribution in [-0.4, -0.2) is 38.7 Å². The zero-order valence-electron chi connectivity index (χ0n) is 17.5. The van der Waals surface area contributed by atoms with Crippen LogP contribution in [-0.2, 0) is 17.9 Å². The molecule has 3 aromatic rings. The molecule has 31 heavy (non-hydrogen) atoms. The molecule has 1 amide bonds. The molecule has 8 nitrogen and oxygen atoms in total. The van der Waals surface area contributed by atoms with Crippen molar-refractivity contribution in [1.29, 1.82) is 0 Å². The van der Waals surface area contributed by atoms with Crippen LogP contribution in [0, 0.1) is 18.6 Å². The first-order valence-electron chi connectivity index (χ1n) is 9.97. The third-order valence-electron chi connectivity index (χ3n) is 5.31. The molecular weight excluding hydrogens is 404 g/mol. The van der Waals surface area contributed by atoms with E-state index in [0.29, 0.717) is 36.1 Å². The van der Waals surface area contributed by atoms with Crippen molar-refractivity contribution in [2.45, 2.75) is 39.4 Å². The second kappa shape index (κ2) is 8.29. The van der Waals surface area contributed by atoms with Crippen LogP contribution in [0.1, 0.15) is 30.2 Å². The summed E-state index contributed by atoms with van der Waals surface area (Å²) in [4.78, 5) is 23.1. The number of carbonyl (C=O) groups is 1. The van der Waals surface area contributed by atoms with Gasteiger partial charge in [-0.2, -0.15) is 10.1 Å². The first kappa shape index (κ1) is 20.7. The van der Waals surface area contributed by atoms with E-state index in [4.69, 9.17) is 0 Å². The predicted molar refractivity (Wildman–Crippen MR) is 113 cm³/mol. The van der Waals surface area contributed by atoms with Gasteiger partial charge in [-0.3, -0.25) is 9.48 Å². The summed E-state index contributed by atoms with van der Waals surface area (Å²) in [6.07, 6.45) is 4.07. The van der Waals surface area contributed by atoms with Crippen molar-refractivity contribution in [2.24, 2.45) is 0 Å². The fourth-order valence-corrected chi connectivity index (χ4v) is 3.64. The molecule has 3 heterocycles. The third kappa shape index (κ3) is 4.05. The minimum absolute atomic E-state index is 0.0629. The number of fused-ring (bicyclic) bond motifs is 1. The lowest BCUT2D eigenvalue weighted by molar-refractivity contribution is -0.117. The summed E-state index contributed by atoms with van der Waals surface area (Å²) < 4.78 is 28.8. The predicted octanol–water partition coefficient (Wildman–Crippen LogP) is 3.09. The van der Waals surface area contributed by atoms with Gasteiger partial charge in [-0.25, -0.2) is 13.8 Å². The van der Waals surface area contributed by atoms with Gasteiger partial charge in [0, 0.05) is 30.9 Å². The van der Waals surface area contributed by atoms with Crippen molar-refractivity contribution in [1.82, 2.24) is 19.7 Å². The summed E-state index contributed by atoms with van der Waals surface area (Å²) in [6.45, 7) is 4.29. The highest BCUT2D eigenvalue weighted by molar-refractivity contribution is 6.03. The smallest absolute Gasteiger partial charge is 0.247 e. The number of benzene rings is 1. The van der Waals surface area contributed by atoms with E-state index in [-0.39, 0.29) is 24.1 Å². The van der Waals surface area contributed by atoms with Gasteiger partial charge in [0.05, 0.1) is 18.4 Å². The lowest BCUT2D eigenvalue weighted by Crippen LogP contribution is -2.46. The second-order valence-electron chi connectivity index (χ2n) is 7.47. The molecule has 0 bridgehead atoms. The summed E-state index contributed by atoms with van der Waals surface area (Å²) in [5.41, 5.74) is 2.35. The van der Waals surface area contributed by atoms with Crippen molar-refractivity contribution in [3.63, 3.8) is 0 Å². The van der Waals surface area contributed by atoms with E-state index in [9.17, 15) is 13.6 Å². The van der Waals surface area contributed by atoms with Crippen LogP contribution in [0.2, 0.25) is 0 Å². The van der Waals surface area contributed by atoms with Crippen LogP contribution in [0.3, 0.4) is 0 Å². The van der Waals surface area contributed by atoms with Crippen molar-refractivity contribution in [2.75, 3.05) is 22.6 Å². The van der Waals surface area contributed by atoms with E-state index < -0.39 is 11.6 Å². The summed E-state index contributed by atoms with van der Waals surface area (Å²) in [5, 5.41) is 10.3. The number of halogens is 2. The normalized spacial score (nSPS) is 15.6. The molecule has 0 aliphatic carbocycles. The molecule has 0 saturated carbocycles. The summed E-state index contributed by atoms with van der Waals surface area (Å²) in [6, 6.07) is 3.80. The van der Waals surface area contributed by atoms with Gasteiger partial charge < -0.3 is 15.5 Å². The van der Waals surface area contributed by atoms with Crippen molar-refractivity contribution >= 4 is 23.4 Å². The molecular formula is C21H23F2N7O. The van der Waals surface area contributed by atoms with Gasteiger partial charge >= 0.3 is 0 Å². The SMILES string of the molecule is CC[C@H]1C(=O)Nc2c(C)nc(NCc3cnn(Cc4cccc(F)c4F)c3)nc2N1C. The maximum absolute atomic E-state index is 13.9. The number of amides is 1. The number of nitrogens with zero attached hydrogens (tertiary/aromatic N) is 5. The molecule has 10 heteroatoms. The highest BCUT2D eigenvalue weighted by Gasteiger charge is 2.32. The number of rotatable bonds is 6. The van der Waals surface area contributed by atoms with Crippen LogP contribution in [0.4, 0.5) is 26.2 Å². The summed E-state index contributed by atoms with van der Waals surface area (Å²) in [5.74, 6) is -0.709. The van der Waals surface area contributed by atoms with Crippen molar-refractivity contribution < 1.29 is 13.6 Å². The minimum Gasteiger partial charge on any atom is -0.350 e. The second-order valence-corrected chi connectivity index (χ2v) is 7.47. The zero-order chi connectivity index (χ0) is 22.1. The van der Waals surface area contributed by atoms with E-state index in [1.165, 1.54) is 12.1 Å². The van der Waals surface area contributed by atoms with Crippen LogP contribution < -0.4 is 15.5 Å². The Labute approximate surface area is 178 Å². The molecule has 4 rings (SSSR count). The lowest BCUT2D eigenvalue weighted by Gasteiger charge is -2.34. The van der Waals surface area contributed by atoms with Gasteiger partial charge in [-0.05, 0) is 19.4 Å². The molecule has 1 atom stereocenters. The fourth-order valence-electron chi connectivity index (χ4n) is 3.64. The molecule has 1 aromatic carbocycles. The molecule has 2 N–H and O–H groups in total. The molecule has 1 aliphatic heterocycles. The topological polar surface area (TPSA) is 88.0 Å². The summed E-state index contributed by atoms with van der Waals surface area (Å²) >= 11 is 0. The molecule has 0 spiro atoms. The Morgan fingerprint density at radius 1 is 1.26 bits per heavy atom. The standard InChI is InChI=1S/C21H23F2N7O/c1-4-16-20(31)27-18-12(2)26-21(28-19(18)29(16)3)24-8-13-9-25-30(10-13)11-14-6-5-7-15(22)17(14)23/h5-7,9-10,16H,4,8,11H2,1-3H3,(H,27,31)(H,24,26,28)/t16-/m0/s1. The maximum Gasteiger partial charge on any atom is 0.247 e. The summed E-state index contributed by atoms with van der Waals surface area (Å²) in [7, 11) is 1.84. The number of aryl methyl sites for hydroxylation is 1. The molecule has 0 radical (unpaired) electrons. The van der Waals surface area contributed by atoms with E-state index >= 15 is 0 Å². The van der Waals surface area contributed by atoms with Gasteiger partial charge in [0.15, 0.2) is 17.5 Å². The minimum atomic E-state index is -0.877. The lowest BCUT2D eigenvalue weighted by atomic mass is 10.1. The Morgan fingerprint density at radius 3 is 2.84 bits per heavy atom. The van der Waals surface area contributed by atoms with Crippen molar-refractivity contribution in [3.8, 4) is 0 Å². The Hall–Kier alpha value is -3.56. The Balaban J connectivity index is 1.47. The number of hydrogen-bond donors (Lipinski definition) is 2. The van der Waals surface area contributed by atoms with E-state index in [0.717, 1.165) is 11.6 Å². The third-order valence-corrected chi connectivity index (χ3v) is 5.31. The molecule has 0 saturated heterocycles. The number of hydrogen-bond acceptors (Lipinski definition) is 6. The number of likely N-dealkylation sites (N-methyl/N-ethyl adjacent to an activating group) is 1. The zero-order valence-corrected chi connectivity index (χ0v) is 17.5. The van der Waals surface area contributed by atoms with Crippen molar-refractivity contribution in [3.05, 3.63) is 59.0 Å². The van der Waals surface area contributed by atoms with Gasteiger partial charge in [0.1, 0.15) is 11.7 Å². The molecule has 2 aromatic heterocycles. The highest BCUT2D eigenvalue weighted by atomic mass is 19.2. The average Bonchev–Trinajstić information content (AvgIpc) is 3.18. The van der Waals surface area contributed by atoms with Gasteiger partial charge in [0.25, 0.3) is 0 Å². The first-order valence-corrected chi connectivity index (χ1v) is 9.97. The quantitative estimate of drug-likeness (QED) is 0.629. The Morgan fingerprint density at radius 2 is 2.06 bits per heavy atom. The number of aromatic nitrogens is 4. The number of anilines is 3. The Bertz CT molecular complexity index is 1130. The fraction of sp³-hybridized carbons (Fsp3) is 0.333. The molecule has 162 valence electrons. The van der Waals surface area contributed by atoms with Gasteiger partial charge in [0.2, 0.25) is 11.9 Å². The average molecular weight is 427 g/mol. The van der Waals surface area contributed by atoms with Gasteiger partial charge in [-0.1, -0.05) is 19.1 Å². The van der Waals surface area contributed by atoms with E-state index in [2.05, 4.69) is 25.7 Å². The van der Waals surface area contributed by atoms with Crippen LogP contribution in [0.25, 0.3) is 0 Å². The van der Waals surface area contributed by atoms with Crippen LogP contribution >= 0.6 is 0 Å². The number of carbonyl (C=O) groups excluding carboxylic acids is 1. The number of nitrogens with one attached hydrogen (secondary N) is 2. The van der Waals surface area contributed by atoms with Crippen LogP contribution in [0.15, 0.2) is 30.6 Å². The molecule has 0 unspecified atom stereocenters. The van der Waals surface area contributed by atoms with E-state index in [1.54, 1.807) is 17.1 Å². The Kier molecular flexibility index (Phi) is 5.53.